The minimum absolute atomic E-state index is 0.485. The fourth-order valence-electron chi connectivity index (χ4n) is 3.14. The summed E-state index contributed by atoms with van der Waals surface area (Å²) in [7, 11) is 1.64. The van der Waals surface area contributed by atoms with Crippen molar-refractivity contribution in [2.45, 2.75) is 45.2 Å². The molecule has 1 fully saturated rings. The first kappa shape index (κ1) is 15.0. The fourth-order valence-corrected chi connectivity index (χ4v) is 3.14. The molecular formula is C17H24N2O3. The van der Waals surface area contributed by atoms with Gasteiger partial charge in [0.1, 0.15) is 13.2 Å². The van der Waals surface area contributed by atoms with E-state index in [0.717, 1.165) is 11.3 Å². The highest BCUT2D eigenvalue weighted by Crippen LogP contribution is 2.40. The van der Waals surface area contributed by atoms with Crippen molar-refractivity contribution >= 4 is 6.21 Å². The molecule has 5 nitrogen and oxygen atoms in total. The predicted molar refractivity (Wildman–Crippen MR) is 86.2 cm³/mol. The standard InChI is InChI=1S/C17H24N2O3/c1-12-5-4-6-13(2)19(12)18-11-14-9-15(20-3)17-16(10-14)21-7-8-22-17/h9-13H,4-8H2,1-3H3/b18-11-/t12-,13-/m0/s1. The Bertz CT molecular complexity index is 532. The number of nitrogens with zero attached hydrogens (tertiary/aromatic N) is 2. The summed E-state index contributed by atoms with van der Waals surface area (Å²) < 4.78 is 16.7. The Morgan fingerprint density at radius 3 is 2.64 bits per heavy atom. The SMILES string of the molecule is COc1cc(/C=N\N2[C@@H](C)CCC[C@@H]2C)cc2c1OCCO2. The van der Waals surface area contributed by atoms with Crippen molar-refractivity contribution < 1.29 is 14.2 Å². The molecule has 0 N–H and O–H groups in total. The first-order valence-electron chi connectivity index (χ1n) is 7.99. The van der Waals surface area contributed by atoms with Gasteiger partial charge in [0, 0.05) is 17.6 Å². The van der Waals surface area contributed by atoms with Crippen molar-refractivity contribution in [2.24, 2.45) is 5.10 Å². The van der Waals surface area contributed by atoms with E-state index in [2.05, 4.69) is 18.9 Å². The molecule has 1 aromatic carbocycles. The van der Waals surface area contributed by atoms with E-state index in [0.29, 0.717) is 36.8 Å². The van der Waals surface area contributed by atoms with Gasteiger partial charge in [0.25, 0.3) is 0 Å². The number of methoxy groups -OCH3 is 1. The molecule has 0 aromatic heterocycles. The zero-order valence-corrected chi connectivity index (χ0v) is 13.5. The van der Waals surface area contributed by atoms with Crippen LogP contribution in [0, 0.1) is 0 Å². The Balaban J connectivity index is 1.84. The number of benzene rings is 1. The minimum Gasteiger partial charge on any atom is -0.493 e. The molecule has 2 aliphatic heterocycles. The molecule has 0 saturated carbocycles. The maximum absolute atomic E-state index is 5.66. The summed E-state index contributed by atoms with van der Waals surface area (Å²) in [5, 5.41) is 6.90. The van der Waals surface area contributed by atoms with Gasteiger partial charge in [-0.2, -0.15) is 5.10 Å². The maximum atomic E-state index is 5.66. The molecule has 2 atom stereocenters. The van der Waals surface area contributed by atoms with Gasteiger partial charge in [0.15, 0.2) is 11.5 Å². The number of hydrogen-bond donors (Lipinski definition) is 0. The van der Waals surface area contributed by atoms with Gasteiger partial charge in [-0.1, -0.05) is 0 Å². The van der Waals surface area contributed by atoms with Crippen LogP contribution in [-0.4, -0.2) is 43.6 Å². The zero-order valence-electron chi connectivity index (χ0n) is 13.5. The van der Waals surface area contributed by atoms with Crippen molar-refractivity contribution in [2.75, 3.05) is 20.3 Å². The highest BCUT2D eigenvalue weighted by atomic mass is 16.6. The van der Waals surface area contributed by atoms with Gasteiger partial charge in [-0.05, 0) is 45.2 Å². The number of ether oxygens (including phenoxy) is 3. The number of piperidine rings is 1. The smallest absolute Gasteiger partial charge is 0.203 e. The van der Waals surface area contributed by atoms with Gasteiger partial charge in [0.05, 0.1) is 13.3 Å². The second kappa shape index (κ2) is 6.46. The average Bonchev–Trinajstić information content (AvgIpc) is 2.53. The molecule has 1 aromatic rings. The van der Waals surface area contributed by atoms with Gasteiger partial charge in [-0.3, -0.25) is 5.01 Å². The number of hydrazone groups is 1. The van der Waals surface area contributed by atoms with Crippen LogP contribution >= 0.6 is 0 Å². The Kier molecular flexibility index (Phi) is 4.41. The second-order valence-electron chi connectivity index (χ2n) is 6.00. The Hall–Kier alpha value is -1.91. The van der Waals surface area contributed by atoms with Gasteiger partial charge in [0.2, 0.25) is 5.75 Å². The molecule has 0 amide bonds. The molecule has 0 radical (unpaired) electrons. The van der Waals surface area contributed by atoms with Gasteiger partial charge >= 0.3 is 0 Å². The molecule has 0 unspecified atom stereocenters. The van der Waals surface area contributed by atoms with E-state index in [1.54, 1.807) is 7.11 Å². The molecule has 3 rings (SSSR count). The van der Waals surface area contributed by atoms with Crippen molar-refractivity contribution in [1.29, 1.82) is 0 Å². The molecule has 2 aliphatic rings. The van der Waals surface area contributed by atoms with Gasteiger partial charge in [-0.25, -0.2) is 0 Å². The molecular weight excluding hydrogens is 280 g/mol. The monoisotopic (exact) mass is 304 g/mol. The quantitative estimate of drug-likeness (QED) is 0.805. The normalized spacial score (nSPS) is 24.6. The topological polar surface area (TPSA) is 43.3 Å². The molecule has 2 heterocycles. The van der Waals surface area contributed by atoms with Crippen LogP contribution in [0.4, 0.5) is 0 Å². The minimum atomic E-state index is 0.485. The summed E-state index contributed by atoms with van der Waals surface area (Å²) in [5.41, 5.74) is 0.964. The van der Waals surface area contributed by atoms with Gasteiger partial charge < -0.3 is 14.2 Å². The molecule has 1 saturated heterocycles. The van der Waals surface area contributed by atoms with Crippen molar-refractivity contribution in [3.05, 3.63) is 17.7 Å². The average molecular weight is 304 g/mol. The number of fused-ring (bicyclic) bond motifs is 1. The van der Waals surface area contributed by atoms with Crippen molar-refractivity contribution in [1.82, 2.24) is 5.01 Å². The molecule has 0 spiro atoms. The lowest BCUT2D eigenvalue weighted by Gasteiger charge is -2.36. The lowest BCUT2D eigenvalue weighted by molar-refractivity contribution is 0.109. The van der Waals surface area contributed by atoms with E-state index in [-0.39, 0.29) is 0 Å². The molecule has 5 heteroatoms. The lowest BCUT2D eigenvalue weighted by Crippen LogP contribution is -2.39. The highest BCUT2D eigenvalue weighted by Gasteiger charge is 2.23. The van der Waals surface area contributed by atoms with E-state index in [1.165, 1.54) is 19.3 Å². The highest BCUT2D eigenvalue weighted by molar-refractivity contribution is 5.82. The Morgan fingerprint density at radius 1 is 1.18 bits per heavy atom. The van der Waals surface area contributed by atoms with Crippen LogP contribution in [0.5, 0.6) is 17.2 Å². The second-order valence-corrected chi connectivity index (χ2v) is 6.00. The summed E-state index contributed by atoms with van der Waals surface area (Å²) in [6.07, 6.45) is 5.57. The van der Waals surface area contributed by atoms with E-state index in [9.17, 15) is 0 Å². The van der Waals surface area contributed by atoms with Crippen LogP contribution in [0.3, 0.4) is 0 Å². The maximum Gasteiger partial charge on any atom is 0.203 e. The summed E-state index contributed by atoms with van der Waals surface area (Å²) in [5.74, 6) is 2.11. The summed E-state index contributed by atoms with van der Waals surface area (Å²) >= 11 is 0. The van der Waals surface area contributed by atoms with Crippen LogP contribution in [0.25, 0.3) is 0 Å². The molecule has 120 valence electrons. The van der Waals surface area contributed by atoms with E-state index >= 15 is 0 Å². The third-order valence-electron chi connectivity index (χ3n) is 4.34. The summed E-state index contributed by atoms with van der Waals surface area (Å²) in [6.45, 7) is 5.59. The van der Waals surface area contributed by atoms with E-state index in [1.807, 2.05) is 18.3 Å². The van der Waals surface area contributed by atoms with Crippen molar-refractivity contribution in [3.8, 4) is 17.2 Å². The Labute approximate surface area is 131 Å². The number of hydrogen-bond acceptors (Lipinski definition) is 5. The van der Waals surface area contributed by atoms with Crippen LogP contribution < -0.4 is 14.2 Å². The number of rotatable bonds is 3. The summed E-state index contributed by atoms with van der Waals surface area (Å²) in [4.78, 5) is 0. The van der Waals surface area contributed by atoms with E-state index in [4.69, 9.17) is 19.3 Å². The van der Waals surface area contributed by atoms with Crippen molar-refractivity contribution in [3.63, 3.8) is 0 Å². The third-order valence-corrected chi connectivity index (χ3v) is 4.34. The fraction of sp³-hybridized carbons (Fsp3) is 0.588. The first-order valence-corrected chi connectivity index (χ1v) is 7.99. The van der Waals surface area contributed by atoms with Crippen LogP contribution in [0.2, 0.25) is 0 Å². The summed E-state index contributed by atoms with van der Waals surface area (Å²) in [6, 6.07) is 4.87. The predicted octanol–water partition coefficient (Wildman–Crippen LogP) is 3.06. The largest absolute Gasteiger partial charge is 0.493 e. The molecule has 22 heavy (non-hydrogen) atoms. The molecule has 0 bridgehead atoms. The molecule has 0 aliphatic carbocycles. The van der Waals surface area contributed by atoms with Gasteiger partial charge in [-0.15, -0.1) is 0 Å². The van der Waals surface area contributed by atoms with Crippen LogP contribution in [-0.2, 0) is 0 Å². The first-order chi connectivity index (χ1) is 10.7. The van der Waals surface area contributed by atoms with E-state index < -0.39 is 0 Å². The third kappa shape index (κ3) is 2.98. The van der Waals surface area contributed by atoms with Crippen LogP contribution in [0.15, 0.2) is 17.2 Å². The Morgan fingerprint density at radius 2 is 1.91 bits per heavy atom. The van der Waals surface area contributed by atoms with Crippen LogP contribution in [0.1, 0.15) is 38.7 Å². The zero-order chi connectivity index (χ0) is 15.5. The lowest BCUT2D eigenvalue weighted by atomic mass is 10.00.